The van der Waals surface area contributed by atoms with E-state index >= 15 is 0 Å². The third kappa shape index (κ3) is 5.17. The highest BCUT2D eigenvalue weighted by atomic mass is 32.2. The number of sulfonamides is 1. The summed E-state index contributed by atoms with van der Waals surface area (Å²) in [5.74, 6) is -1.88. The van der Waals surface area contributed by atoms with Crippen molar-refractivity contribution in [3.05, 3.63) is 70.8 Å². The van der Waals surface area contributed by atoms with E-state index in [1.807, 2.05) is 24.3 Å². The number of ketones is 1. The van der Waals surface area contributed by atoms with E-state index in [1.165, 1.54) is 50.4 Å². The lowest BCUT2D eigenvalue weighted by Gasteiger charge is -2.26. The van der Waals surface area contributed by atoms with Gasteiger partial charge in [0.15, 0.2) is 0 Å². The number of carbonyl (C=O) groups excluding carboxylic acids is 2. The number of aliphatic hydroxyl groups is 1. The maximum Gasteiger partial charge on any atom is 0.295 e. The molecule has 1 N–H and O–H groups in total. The van der Waals surface area contributed by atoms with Gasteiger partial charge < -0.3 is 14.7 Å². The standard InChI is InChI=1S/C26H32N2O6S/c1-26(2,3)19-11-7-17(8-12-19)22-21(24(30)25(31)28(22)15-16-34-6)23(29)18-9-13-20(14-10-18)35(32,33)27(4)5/h7-14,22,29H,15-16H2,1-6H3/b23-21+/t22-/m1/s1. The molecule has 35 heavy (non-hydrogen) atoms. The summed E-state index contributed by atoms with van der Waals surface area (Å²) in [4.78, 5) is 27.4. The van der Waals surface area contributed by atoms with Crippen LogP contribution in [0, 0.1) is 0 Å². The van der Waals surface area contributed by atoms with Gasteiger partial charge in [-0.15, -0.1) is 0 Å². The van der Waals surface area contributed by atoms with Crippen molar-refractivity contribution in [3.63, 3.8) is 0 Å². The molecule has 1 aliphatic heterocycles. The van der Waals surface area contributed by atoms with Gasteiger partial charge in [0.1, 0.15) is 5.76 Å². The molecule has 188 valence electrons. The molecule has 2 aromatic carbocycles. The van der Waals surface area contributed by atoms with Crippen molar-refractivity contribution in [3.8, 4) is 0 Å². The minimum Gasteiger partial charge on any atom is -0.507 e. The fourth-order valence-corrected chi connectivity index (χ4v) is 4.86. The van der Waals surface area contributed by atoms with E-state index in [2.05, 4.69) is 20.8 Å². The lowest BCUT2D eigenvalue weighted by Crippen LogP contribution is -2.32. The molecule has 8 nitrogen and oxygen atoms in total. The van der Waals surface area contributed by atoms with Gasteiger partial charge in [0.25, 0.3) is 11.7 Å². The Labute approximate surface area is 206 Å². The van der Waals surface area contributed by atoms with Crippen LogP contribution in [0.15, 0.2) is 59.0 Å². The maximum atomic E-state index is 13.1. The largest absolute Gasteiger partial charge is 0.507 e. The first-order valence-corrected chi connectivity index (χ1v) is 12.7. The summed E-state index contributed by atoms with van der Waals surface area (Å²) in [6, 6.07) is 12.4. The van der Waals surface area contributed by atoms with Crippen LogP contribution in [0.5, 0.6) is 0 Å². The Morgan fingerprint density at radius 3 is 2.09 bits per heavy atom. The van der Waals surface area contributed by atoms with Crippen molar-refractivity contribution < 1.29 is 27.9 Å². The highest BCUT2D eigenvalue weighted by molar-refractivity contribution is 7.89. The van der Waals surface area contributed by atoms with Crippen LogP contribution in [-0.4, -0.2) is 68.8 Å². The molecule has 1 saturated heterocycles. The number of aliphatic hydroxyl groups excluding tert-OH is 1. The van der Waals surface area contributed by atoms with E-state index < -0.39 is 27.8 Å². The first-order valence-electron chi connectivity index (χ1n) is 11.2. The summed E-state index contributed by atoms with van der Waals surface area (Å²) in [5, 5.41) is 11.2. The van der Waals surface area contributed by atoms with Crippen molar-refractivity contribution >= 4 is 27.5 Å². The lowest BCUT2D eigenvalue weighted by molar-refractivity contribution is -0.140. The van der Waals surface area contributed by atoms with Gasteiger partial charge in [-0.25, -0.2) is 12.7 Å². The third-order valence-electron chi connectivity index (χ3n) is 6.08. The summed E-state index contributed by atoms with van der Waals surface area (Å²) >= 11 is 0. The zero-order valence-corrected chi connectivity index (χ0v) is 21.7. The predicted octanol–water partition coefficient (Wildman–Crippen LogP) is 3.30. The molecular weight excluding hydrogens is 468 g/mol. The summed E-state index contributed by atoms with van der Waals surface area (Å²) in [5.41, 5.74) is 1.89. The van der Waals surface area contributed by atoms with Crippen LogP contribution in [0.4, 0.5) is 0 Å². The Kier molecular flexibility index (Phi) is 7.54. The average Bonchev–Trinajstić information content (AvgIpc) is 3.06. The summed E-state index contributed by atoms with van der Waals surface area (Å²) in [7, 11) is 0.705. The van der Waals surface area contributed by atoms with E-state index in [9.17, 15) is 23.1 Å². The Morgan fingerprint density at radius 2 is 1.60 bits per heavy atom. The maximum absolute atomic E-state index is 13.1. The fraction of sp³-hybridized carbons (Fsp3) is 0.385. The van der Waals surface area contributed by atoms with Gasteiger partial charge in [0, 0.05) is 33.3 Å². The van der Waals surface area contributed by atoms with E-state index in [0.717, 1.165) is 9.87 Å². The van der Waals surface area contributed by atoms with Gasteiger partial charge in [-0.1, -0.05) is 45.0 Å². The smallest absolute Gasteiger partial charge is 0.295 e. The highest BCUT2D eigenvalue weighted by Crippen LogP contribution is 2.40. The summed E-state index contributed by atoms with van der Waals surface area (Å²) in [6.45, 7) is 6.66. The van der Waals surface area contributed by atoms with E-state index in [0.29, 0.717) is 5.56 Å². The number of hydrogen-bond donors (Lipinski definition) is 1. The van der Waals surface area contributed by atoms with Crippen molar-refractivity contribution in [2.75, 3.05) is 34.4 Å². The molecule has 0 bridgehead atoms. The van der Waals surface area contributed by atoms with E-state index in [-0.39, 0.29) is 40.4 Å². The number of carbonyl (C=O) groups is 2. The minimum atomic E-state index is -3.65. The van der Waals surface area contributed by atoms with Crippen molar-refractivity contribution in [1.82, 2.24) is 9.21 Å². The van der Waals surface area contributed by atoms with Gasteiger partial charge in [0.2, 0.25) is 10.0 Å². The number of rotatable bonds is 7. The van der Waals surface area contributed by atoms with Crippen LogP contribution < -0.4 is 0 Å². The van der Waals surface area contributed by atoms with Gasteiger partial charge in [-0.2, -0.15) is 0 Å². The average molecular weight is 501 g/mol. The molecule has 1 fully saturated rings. The summed E-state index contributed by atoms with van der Waals surface area (Å²) in [6.07, 6.45) is 0. The van der Waals surface area contributed by atoms with Crippen molar-refractivity contribution in [2.24, 2.45) is 0 Å². The Bertz CT molecular complexity index is 1240. The van der Waals surface area contributed by atoms with Crippen LogP contribution in [0.1, 0.15) is 43.5 Å². The van der Waals surface area contributed by atoms with Crippen LogP contribution in [0.25, 0.3) is 5.76 Å². The molecule has 0 saturated carbocycles. The molecule has 2 aromatic rings. The molecule has 9 heteroatoms. The number of hydrogen-bond acceptors (Lipinski definition) is 6. The molecule has 0 spiro atoms. The first-order chi connectivity index (χ1) is 16.3. The molecule has 1 atom stereocenters. The van der Waals surface area contributed by atoms with Crippen molar-refractivity contribution in [1.29, 1.82) is 0 Å². The number of amides is 1. The van der Waals surface area contributed by atoms with Gasteiger partial charge in [-0.3, -0.25) is 9.59 Å². The molecule has 1 heterocycles. The summed E-state index contributed by atoms with van der Waals surface area (Å²) < 4.78 is 31.0. The minimum absolute atomic E-state index is 0.0437. The second-order valence-corrected chi connectivity index (χ2v) is 11.8. The quantitative estimate of drug-likeness (QED) is 0.355. The van der Waals surface area contributed by atoms with Crippen LogP contribution >= 0.6 is 0 Å². The molecule has 1 aliphatic rings. The van der Waals surface area contributed by atoms with Gasteiger partial charge in [0.05, 0.1) is 23.1 Å². The van der Waals surface area contributed by atoms with E-state index in [4.69, 9.17) is 4.74 Å². The Morgan fingerprint density at radius 1 is 1.03 bits per heavy atom. The highest BCUT2D eigenvalue weighted by Gasteiger charge is 2.46. The van der Waals surface area contributed by atoms with Crippen LogP contribution in [0.3, 0.4) is 0 Å². The fourth-order valence-electron chi connectivity index (χ4n) is 3.96. The number of likely N-dealkylation sites (tertiary alicyclic amines) is 1. The molecular formula is C26H32N2O6S. The van der Waals surface area contributed by atoms with Gasteiger partial charge in [-0.05, 0) is 40.8 Å². The number of benzene rings is 2. The lowest BCUT2D eigenvalue weighted by atomic mass is 9.85. The number of ether oxygens (including phenoxy) is 1. The Balaban J connectivity index is 2.12. The normalized spacial score (nSPS) is 18.5. The topological polar surface area (TPSA) is 104 Å². The van der Waals surface area contributed by atoms with Crippen LogP contribution in [0.2, 0.25) is 0 Å². The molecule has 1 amide bonds. The number of methoxy groups -OCH3 is 1. The predicted molar refractivity (Wildman–Crippen MR) is 133 cm³/mol. The monoisotopic (exact) mass is 500 g/mol. The van der Waals surface area contributed by atoms with Crippen LogP contribution in [-0.2, 0) is 29.8 Å². The third-order valence-corrected chi connectivity index (χ3v) is 7.90. The molecule has 0 aliphatic carbocycles. The first kappa shape index (κ1) is 26.6. The molecule has 3 rings (SSSR count). The Hall–Kier alpha value is -3.01. The second kappa shape index (κ2) is 9.93. The zero-order chi connectivity index (χ0) is 26.1. The molecule has 0 unspecified atom stereocenters. The zero-order valence-electron chi connectivity index (χ0n) is 20.9. The molecule has 0 aromatic heterocycles. The second-order valence-electron chi connectivity index (χ2n) is 9.67. The SMILES string of the molecule is COCCN1C(=O)C(=O)/C(=C(/O)c2ccc(S(=O)(=O)N(C)C)cc2)[C@H]1c1ccc(C(C)(C)C)cc1. The number of nitrogens with zero attached hydrogens (tertiary/aromatic N) is 2. The number of Topliss-reactive ketones (excluding diaryl/α,β-unsaturated/α-hetero) is 1. The van der Waals surface area contributed by atoms with Gasteiger partial charge >= 0.3 is 0 Å². The van der Waals surface area contributed by atoms with Crippen molar-refractivity contribution in [2.45, 2.75) is 37.1 Å². The molecule has 0 radical (unpaired) electrons. The van der Waals surface area contributed by atoms with E-state index in [1.54, 1.807) is 0 Å².